The molecule has 1 aromatic heterocycles. The van der Waals surface area contributed by atoms with E-state index in [0.29, 0.717) is 6.61 Å². The highest BCUT2D eigenvalue weighted by atomic mass is 32.1. The van der Waals surface area contributed by atoms with Crippen LogP contribution in [0.4, 0.5) is 10.8 Å². The Morgan fingerprint density at radius 1 is 1.42 bits per heavy atom. The predicted octanol–water partition coefficient (Wildman–Crippen LogP) is 3.46. The van der Waals surface area contributed by atoms with Crippen LogP contribution in [0.1, 0.15) is 12.6 Å². The maximum Gasteiger partial charge on any atom is 0.330 e. The standard InChI is InChI=1S/C14H14N2O2S/c1-2-18-13(17)9-8-12-10-19-14(16-12)15-11-6-4-3-5-7-11/h3-10H,2H2,1H3,(H,15,16)/b9-8+. The molecule has 0 saturated carbocycles. The minimum atomic E-state index is -0.354. The summed E-state index contributed by atoms with van der Waals surface area (Å²) in [4.78, 5) is 15.5. The SMILES string of the molecule is CCOC(=O)/C=C/c1csc(Nc2ccccc2)n1. The third kappa shape index (κ3) is 4.22. The summed E-state index contributed by atoms with van der Waals surface area (Å²) >= 11 is 1.48. The number of para-hydroxylation sites is 1. The highest BCUT2D eigenvalue weighted by Crippen LogP contribution is 2.21. The highest BCUT2D eigenvalue weighted by Gasteiger charge is 2.00. The van der Waals surface area contributed by atoms with Gasteiger partial charge in [0.2, 0.25) is 0 Å². The van der Waals surface area contributed by atoms with Crippen LogP contribution in [0.3, 0.4) is 0 Å². The molecule has 0 bridgehead atoms. The van der Waals surface area contributed by atoms with E-state index < -0.39 is 0 Å². The molecule has 2 aromatic rings. The van der Waals surface area contributed by atoms with Gasteiger partial charge < -0.3 is 10.1 Å². The van der Waals surface area contributed by atoms with Gasteiger partial charge in [0.05, 0.1) is 12.3 Å². The number of carbonyl (C=O) groups is 1. The Labute approximate surface area is 115 Å². The van der Waals surface area contributed by atoms with E-state index in [9.17, 15) is 4.79 Å². The first-order valence-corrected chi connectivity index (χ1v) is 6.78. The van der Waals surface area contributed by atoms with E-state index in [1.807, 2.05) is 35.7 Å². The first kappa shape index (κ1) is 13.3. The molecule has 98 valence electrons. The Hall–Kier alpha value is -2.14. The van der Waals surface area contributed by atoms with Crippen LogP contribution in [0.15, 0.2) is 41.8 Å². The average molecular weight is 274 g/mol. The van der Waals surface area contributed by atoms with Crippen LogP contribution in [0.25, 0.3) is 6.08 Å². The number of thiazole rings is 1. The third-order valence-electron chi connectivity index (χ3n) is 2.22. The average Bonchev–Trinajstić information content (AvgIpc) is 2.86. The van der Waals surface area contributed by atoms with E-state index in [-0.39, 0.29) is 5.97 Å². The molecule has 0 fully saturated rings. The first-order valence-electron chi connectivity index (χ1n) is 5.90. The van der Waals surface area contributed by atoms with Crippen LogP contribution in [0, 0.1) is 0 Å². The fourth-order valence-corrected chi connectivity index (χ4v) is 2.11. The van der Waals surface area contributed by atoms with Crippen molar-refractivity contribution in [2.75, 3.05) is 11.9 Å². The Morgan fingerprint density at radius 2 is 2.21 bits per heavy atom. The normalized spacial score (nSPS) is 10.6. The third-order valence-corrected chi connectivity index (χ3v) is 3.00. The van der Waals surface area contributed by atoms with Crippen LogP contribution in [0.5, 0.6) is 0 Å². The maximum absolute atomic E-state index is 11.2. The van der Waals surface area contributed by atoms with Crippen LogP contribution in [0.2, 0.25) is 0 Å². The van der Waals surface area contributed by atoms with Crippen molar-refractivity contribution in [3.8, 4) is 0 Å². The second-order valence-corrected chi connectivity index (χ2v) is 4.51. The van der Waals surface area contributed by atoms with Crippen molar-refractivity contribution in [3.63, 3.8) is 0 Å². The number of rotatable bonds is 5. The van der Waals surface area contributed by atoms with Gasteiger partial charge in [0, 0.05) is 17.1 Å². The number of nitrogens with one attached hydrogen (secondary N) is 1. The second-order valence-electron chi connectivity index (χ2n) is 3.65. The first-order chi connectivity index (χ1) is 9.28. The van der Waals surface area contributed by atoms with E-state index in [4.69, 9.17) is 4.74 Å². The van der Waals surface area contributed by atoms with Crippen molar-refractivity contribution < 1.29 is 9.53 Å². The number of carbonyl (C=O) groups excluding carboxylic acids is 1. The summed E-state index contributed by atoms with van der Waals surface area (Å²) < 4.78 is 4.80. The summed E-state index contributed by atoms with van der Waals surface area (Å²) in [5, 5.41) is 5.86. The van der Waals surface area contributed by atoms with Crippen molar-refractivity contribution in [1.82, 2.24) is 4.98 Å². The Kier molecular flexibility index (Phi) is 4.69. The van der Waals surface area contributed by atoms with E-state index in [1.165, 1.54) is 17.4 Å². The minimum Gasteiger partial charge on any atom is -0.463 e. The Morgan fingerprint density at radius 3 is 2.95 bits per heavy atom. The van der Waals surface area contributed by atoms with Crippen molar-refractivity contribution in [3.05, 3.63) is 47.5 Å². The molecule has 0 aliphatic rings. The number of nitrogens with zero attached hydrogens (tertiary/aromatic N) is 1. The smallest absolute Gasteiger partial charge is 0.330 e. The molecule has 0 aliphatic heterocycles. The Balaban J connectivity index is 1.97. The molecule has 0 atom stereocenters. The number of aromatic nitrogens is 1. The fraction of sp³-hybridized carbons (Fsp3) is 0.143. The van der Waals surface area contributed by atoms with Gasteiger partial charge in [-0.2, -0.15) is 0 Å². The molecular weight excluding hydrogens is 260 g/mol. The van der Waals surface area contributed by atoms with Crippen molar-refractivity contribution in [2.45, 2.75) is 6.92 Å². The van der Waals surface area contributed by atoms with E-state index in [0.717, 1.165) is 16.5 Å². The molecule has 1 N–H and O–H groups in total. The molecule has 2 rings (SSSR count). The molecule has 0 amide bonds. The molecule has 0 saturated heterocycles. The molecule has 1 heterocycles. The number of ether oxygens (including phenoxy) is 1. The van der Waals surface area contributed by atoms with Crippen LogP contribution >= 0.6 is 11.3 Å². The Bertz CT molecular complexity index is 564. The summed E-state index contributed by atoms with van der Waals surface area (Å²) in [5.41, 5.74) is 1.72. The van der Waals surface area contributed by atoms with E-state index >= 15 is 0 Å². The van der Waals surface area contributed by atoms with E-state index in [2.05, 4.69) is 10.3 Å². The van der Waals surface area contributed by atoms with Gasteiger partial charge in [0.25, 0.3) is 0 Å². The number of benzene rings is 1. The lowest BCUT2D eigenvalue weighted by Gasteiger charge is -2.00. The summed E-state index contributed by atoms with van der Waals surface area (Å²) in [7, 11) is 0. The molecule has 1 aromatic carbocycles. The van der Waals surface area contributed by atoms with Crippen LogP contribution < -0.4 is 5.32 Å². The molecule has 19 heavy (non-hydrogen) atoms. The molecule has 0 spiro atoms. The van der Waals surface area contributed by atoms with Gasteiger partial charge in [-0.1, -0.05) is 18.2 Å². The topological polar surface area (TPSA) is 51.2 Å². The lowest BCUT2D eigenvalue weighted by atomic mass is 10.3. The molecular formula is C14H14N2O2S. The fourth-order valence-electron chi connectivity index (χ4n) is 1.41. The summed E-state index contributed by atoms with van der Waals surface area (Å²) in [5.74, 6) is -0.354. The van der Waals surface area contributed by atoms with Gasteiger partial charge >= 0.3 is 5.97 Å². The zero-order chi connectivity index (χ0) is 13.5. The maximum atomic E-state index is 11.2. The van der Waals surface area contributed by atoms with Gasteiger partial charge in [-0.05, 0) is 25.1 Å². The van der Waals surface area contributed by atoms with Gasteiger partial charge in [-0.3, -0.25) is 0 Å². The minimum absolute atomic E-state index is 0.354. The van der Waals surface area contributed by atoms with E-state index in [1.54, 1.807) is 13.0 Å². The lowest BCUT2D eigenvalue weighted by molar-refractivity contribution is -0.137. The zero-order valence-electron chi connectivity index (χ0n) is 10.5. The summed E-state index contributed by atoms with van der Waals surface area (Å²) in [6.07, 6.45) is 3.02. The number of hydrogen-bond acceptors (Lipinski definition) is 5. The van der Waals surface area contributed by atoms with Crippen molar-refractivity contribution in [2.24, 2.45) is 0 Å². The largest absolute Gasteiger partial charge is 0.463 e. The van der Waals surface area contributed by atoms with Gasteiger partial charge in [-0.25, -0.2) is 9.78 Å². The lowest BCUT2D eigenvalue weighted by Crippen LogP contribution is -1.98. The number of hydrogen-bond donors (Lipinski definition) is 1. The van der Waals surface area contributed by atoms with Crippen molar-refractivity contribution in [1.29, 1.82) is 0 Å². The van der Waals surface area contributed by atoms with Gasteiger partial charge in [-0.15, -0.1) is 11.3 Å². The summed E-state index contributed by atoms with van der Waals surface area (Å²) in [6.45, 7) is 2.15. The van der Waals surface area contributed by atoms with Gasteiger partial charge in [0.1, 0.15) is 0 Å². The molecule has 0 unspecified atom stereocenters. The molecule has 5 heteroatoms. The number of esters is 1. The molecule has 0 aliphatic carbocycles. The van der Waals surface area contributed by atoms with Gasteiger partial charge in [0.15, 0.2) is 5.13 Å². The highest BCUT2D eigenvalue weighted by molar-refractivity contribution is 7.13. The number of anilines is 2. The molecule has 4 nitrogen and oxygen atoms in total. The second kappa shape index (κ2) is 6.70. The van der Waals surface area contributed by atoms with Crippen molar-refractivity contribution >= 4 is 34.2 Å². The summed E-state index contributed by atoms with van der Waals surface area (Å²) in [6, 6.07) is 9.81. The van der Waals surface area contributed by atoms with Crippen LogP contribution in [-0.2, 0) is 9.53 Å². The predicted molar refractivity (Wildman–Crippen MR) is 77.5 cm³/mol. The quantitative estimate of drug-likeness (QED) is 0.670. The zero-order valence-corrected chi connectivity index (χ0v) is 11.3. The van der Waals surface area contributed by atoms with Crippen LogP contribution in [-0.4, -0.2) is 17.6 Å². The molecule has 0 radical (unpaired) electrons. The monoisotopic (exact) mass is 274 g/mol.